The molecular weight excluding hydrogens is 248 g/mol. The fourth-order valence-electron chi connectivity index (χ4n) is 1.91. The highest BCUT2D eigenvalue weighted by atomic mass is 32.2. The van der Waals surface area contributed by atoms with Crippen molar-refractivity contribution in [3.63, 3.8) is 0 Å². The molecule has 1 saturated carbocycles. The summed E-state index contributed by atoms with van der Waals surface area (Å²) in [5.41, 5.74) is 7.22. The number of nitrogen functional groups attached to an aromatic ring is 1. The van der Waals surface area contributed by atoms with Gasteiger partial charge in [0.15, 0.2) is 0 Å². The third kappa shape index (κ3) is 2.67. The van der Waals surface area contributed by atoms with Crippen molar-refractivity contribution in [2.45, 2.75) is 31.6 Å². The van der Waals surface area contributed by atoms with Gasteiger partial charge in [0, 0.05) is 18.8 Å². The number of anilines is 1. The molecule has 1 aliphatic carbocycles. The first-order chi connectivity index (χ1) is 8.45. The van der Waals surface area contributed by atoms with Gasteiger partial charge in [-0.3, -0.25) is 0 Å². The van der Waals surface area contributed by atoms with E-state index in [0.717, 1.165) is 18.4 Å². The smallest absolute Gasteiger partial charge is 0.243 e. The number of hydrogen-bond acceptors (Lipinski definition) is 3. The molecule has 0 spiro atoms. The molecule has 0 atom stereocenters. The van der Waals surface area contributed by atoms with E-state index in [1.165, 1.54) is 0 Å². The number of aryl methyl sites for hydroxylation is 1. The van der Waals surface area contributed by atoms with Crippen LogP contribution in [-0.4, -0.2) is 25.8 Å². The van der Waals surface area contributed by atoms with Crippen molar-refractivity contribution in [1.29, 1.82) is 0 Å². The maximum Gasteiger partial charge on any atom is 0.243 e. The van der Waals surface area contributed by atoms with E-state index < -0.39 is 10.0 Å². The first kappa shape index (κ1) is 13.4. The lowest BCUT2D eigenvalue weighted by atomic mass is 10.2. The zero-order valence-electron chi connectivity index (χ0n) is 10.9. The van der Waals surface area contributed by atoms with Crippen molar-refractivity contribution in [3.8, 4) is 0 Å². The Balaban J connectivity index is 2.29. The molecule has 4 nitrogen and oxygen atoms in total. The molecule has 1 aromatic rings. The van der Waals surface area contributed by atoms with Gasteiger partial charge in [-0.25, -0.2) is 8.42 Å². The third-order valence-corrected chi connectivity index (χ3v) is 5.34. The molecule has 0 radical (unpaired) electrons. The van der Waals surface area contributed by atoms with E-state index in [9.17, 15) is 8.42 Å². The van der Waals surface area contributed by atoms with Crippen LogP contribution in [0.1, 0.15) is 25.3 Å². The molecule has 0 aromatic heterocycles. The highest BCUT2D eigenvalue weighted by Crippen LogP contribution is 2.31. The van der Waals surface area contributed by atoms with Crippen molar-refractivity contribution in [2.75, 3.05) is 18.8 Å². The summed E-state index contributed by atoms with van der Waals surface area (Å²) >= 11 is 0. The molecule has 5 heteroatoms. The van der Waals surface area contributed by atoms with E-state index in [1.54, 1.807) is 22.5 Å². The van der Waals surface area contributed by atoms with Crippen LogP contribution < -0.4 is 5.73 Å². The minimum atomic E-state index is -3.39. The van der Waals surface area contributed by atoms with Gasteiger partial charge in [-0.15, -0.1) is 0 Å². The number of hydrogen-bond donors (Lipinski definition) is 1. The van der Waals surface area contributed by atoms with Gasteiger partial charge in [0.2, 0.25) is 10.0 Å². The van der Waals surface area contributed by atoms with Gasteiger partial charge >= 0.3 is 0 Å². The van der Waals surface area contributed by atoms with Crippen LogP contribution in [0.4, 0.5) is 5.69 Å². The Hall–Kier alpha value is -1.07. The van der Waals surface area contributed by atoms with Gasteiger partial charge in [-0.2, -0.15) is 4.31 Å². The number of nitrogens with zero attached hydrogens (tertiary/aromatic N) is 1. The highest BCUT2D eigenvalue weighted by molar-refractivity contribution is 7.89. The minimum Gasteiger partial charge on any atom is -0.398 e. The highest BCUT2D eigenvalue weighted by Gasteiger charge is 2.30. The van der Waals surface area contributed by atoms with Crippen molar-refractivity contribution in [2.24, 2.45) is 5.92 Å². The molecule has 1 aliphatic rings. The SMILES string of the molecule is CCN(CC1CC1)S(=O)(=O)c1ccc(C)c(N)c1. The van der Waals surface area contributed by atoms with Crippen LogP contribution in [0.5, 0.6) is 0 Å². The molecule has 18 heavy (non-hydrogen) atoms. The van der Waals surface area contributed by atoms with Crippen LogP contribution in [0.15, 0.2) is 23.1 Å². The molecule has 100 valence electrons. The zero-order chi connectivity index (χ0) is 13.3. The molecule has 1 aromatic carbocycles. The average molecular weight is 268 g/mol. The van der Waals surface area contributed by atoms with E-state index in [-0.39, 0.29) is 0 Å². The van der Waals surface area contributed by atoms with E-state index in [4.69, 9.17) is 5.73 Å². The molecule has 1 fully saturated rings. The van der Waals surface area contributed by atoms with Crippen LogP contribution in [0.3, 0.4) is 0 Å². The van der Waals surface area contributed by atoms with Crippen LogP contribution in [0.25, 0.3) is 0 Å². The standard InChI is InChI=1S/C13H20N2O2S/c1-3-15(9-11-5-6-11)18(16,17)12-7-4-10(2)13(14)8-12/h4,7-8,11H,3,5-6,9,14H2,1-2H3. The topological polar surface area (TPSA) is 63.4 Å². The van der Waals surface area contributed by atoms with Crippen molar-refractivity contribution in [3.05, 3.63) is 23.8 Å². The Labute approximate surface area is 109 Å². The van der Waals surface area contributed by atoms with Gasteiger partial charge in [0.05, 0.1) is 4.90 Å². The molecule has 0 heterocycles. The number of nitrogens with two attached hydrogens (primary N) is 1. The summed E-state index contributed by atoms with van der Waals surface area (Å²) in [6.07, 6.45) is 2.28. The van der Waals surface area contributed by atoms with Gasteiger partial charge in [-0.05, 0) is 43.4 Å². The summed E-state index contributed by atoms with van der Waals surface area (Å²) in [5, 5.41) is 0. The summed E-state index contributed by atoms with van der Waals surface area (Å²) in [4.78, 5) is 0.299. The number of sulfonamides is 1. The fraction of sp³-hybridized carbons (Fsp3) is 0.538. The summed E-state index contributed by atoms with van der Waals surface area (Å²) in [6.45, 7) is 4.88. The van der Waals surface area contributed by atoms with Gasteiger partial charge < -0.3 is 5.73 Å². The lowest BCUT2D eigenvalue weighted by Gasteiger charge is -2.20. The Bertz CT molecular complexity index is 536. The molecule has 0 amide bonds. The van der Waals surface area contributed by atoms with E-state index in [1.807, 2.05) is 13.8 Å². The normalized spacial score (nSPS) is 16.2. The third-order valence-electron chi connectivity index (χ3n) is 3.40. The summed E-state index contributed by atoms with van der Waals surface area (Å²) in [7, 11) is -3.39. The van der Waals surface area contributed by atoms with Crippen LogP contribution in [0.2, 0.25) is 0 Å². The zero-order valence-corrected chi connectivity index (χ0v) is 11.7. The summed E-state index contributed by atoms with van der Waals surface area (Å²) in [5.74, 6) is 0.544. The Morgan fingerprint density at radius 2 is 2.06 bits per heavy atom. The van der Waals surface area contributed by atoms with Crippen molar-refractivity contribution < 1.29 is 8.42 Å². The lowest BCUT2D eigenvalue weighted by Crippen LogP contribution is -2.32. The lowest BCUT2D eigenvalue weighted by molar-refractivity contribution is 0.412. The predicted octanol–water partition coefficient (Wildman–Crippen LogP) is 2.00. The van der Waals surface area contributed by atoms with Gasteiger partial charge in [0.1, 0.15) is 0 Å². The van der Waals surface area contributed by atoms with Crippen molar-refractivity contribution >= 4 is 15.7 Å². The first-order valence-electron chi connectivity index (χ1n) is 6.31. The van der Waals surface area contributed by atoms with E-state index in [2.05, 4.69) is 0 Å². The Kier molecular flexibility index (Phi) is 3.64. The van der Waals surface area contributed by atoms with Gasteiger partial charge in [-0.1, -0.05) is 13.0 Å². The second-order valence-electron chi connectivity index (χ2n) is 4.92. The van der Waals surface area contributed by atoms with E-state index in [0.29, 0.717) is 29.6 Å². The number of rotatable bonds is 5. The largest absolute Gasteiger partial charge is 0.398 e. The molecule has 0 bridgehead atoms. The molecule has 0 unspecified atom stereocenters. The molecule has 0 aliphatic heterocycles. The quantitative estimate of drug-likeness (QED) is 0.831. The second-order valence-corrected chi connectivity index (χ2v) is 6.86. The minimum absolute atomic E-state index is 0.299. The monoisotopic (exact) mass is 268 g/mol. The number of benzene rings is 1. The van der Waals surface area contributed by atoms with Crippen molar-refractivity contribution in [1.82, 2.24) is 4.31 Å². The molecule has 0 saturated heterocycles. The summed E-state index contributed by atoms with van der Waals surface area (Å²) < 4.78 is 26.5. The first-order valence-corrected chi connectivity index (χ1v) is 7.75. The molecular formula is C13H20N2O2S. The molecule has 2 rings (SSSR count). The fourth-order valence-corrected chi connectivity index (χ4v) is 3.47. The van der Waals surface area contributed by atoms with Crippen LogP contribution >= 0.6 is 0 Å². The van der Waals surface area contributed by atoms with Crippen LogP contribution in [-0.2, 0) is 10.0 Å². The van der Waals surface area contributed by atoms with Crippen LogP contribution in [0, 0.1) is 12.8 Å². The molecule has 2 N–H and O–H groups in total. The Morgan fingerprint density at radius 1 is 1.39 bits per heavy atom. The Morgan fingerprint density at radius 3 is 2.56 bits per heavy atom. The van der Waals surface area contributed by atoms with E-state index >= 15 is 0 Å². The second kappa shape index (κ2) is 4.90. The predicted molar refractivity (Wildman–Crippen MR) is 72.7 cm³/mol. The van der Waals surface area contributed by atoms with Gasteiger partial charge in [0.25, 0.3) is 0 Å². The maximum atomic E-state index is 12.5. The average Bonchev–Trinajstić information content (AvgIpc) is 3.13. The maximum absolute atomic E-state index is 12.5. The summed E-state index contributed by atoms with van der Waals surface area (Å²) in [6, 6.07) is 4.95.